The number of hydrogen-bond donors (Lipinski definition) is 0. The Labute approximate surface area is 84.7 Å². The van der Waals surface area contributed by atoms with Gasteiger partial charge in [0, 0.05) is 26.1 Å². The molecule has 3 heteroatoms. The van der Waals surface area contributed by atoms with Crippen LogP contribution in [0.4, 0.5) is 0 Å². The van der Waals surface area contributed by atoms with Gasteiger partial charge in [-0.3, -0.25) is 0 Å². The first-order chi connectivity index (χ1) is 6.85. The Hall–Kier alpha value is -0.120. The van der Waals surface area contributed by atoms with Gasteiger partial charge in [0.2, 0.25) is 0 Å². The van der Waals surface area contributed by atoms with Crippen molar-refractivity contribution in [3.8, 4) is 0 Å². The molecule has 0 aromatic heterocycles. The quantitative estimate of drug-likeness (QED) is 0.675. The molecule has 0 N–H and O–H groups in total. The van der Waals surface area contributed by atoms with Crippen molar-refractivity contribution in [2.24, 2.45) is 23.7 Å². The first-order valence-corrected chi connectivity index (χ1v) is 5.56. The molecule has 1 aliphatic heterocycles. The highest BCUT2D eigenvalue weighted by Gasteiger charge is 2.59. The van der Waals surface area contributed by atoms with Crippen LogP contribution < -0.4 is 0 Å². The van der Waals surface area contributed by atoms with E-state index in [0.29, 0.717) is 11.8 Å². The predicted octanol–water partition coefficient (Wildman–Crippen LogP) is 1.62. The fourth-order valence-corrected chi connectivity index (χ4v) is 3.93. The van der Waals surface area contributed by atoms with Crippen molar-refractivity contribution in [1.82, 2.24) is 0 Å². The van der Waals surface area contributed by atoms with Gasteiger partial charge in [-0.25, -0.2) is 0 Å². The number of rotatable bonds is 2. The third-order valence-electron chi connectivity index (χ3n) is 4.41. The molecule has 1 saturated heterocycles. The van der Waals surface area contributed by atoms with E-state index in [1.807, 2.05) is 0 Å². The van der Waals surface area contributed by atoms with Crippen molar-refractivity contribution < 1.29 is 14.2 Å². The van der Waals surface area contributed by atoms with E-state index in [1.165, 1.54) is 19.3 Å². The molecule has 0 aromatic rings. The van der Waals surface area contributed by atoms with Crippen LogP contribution in [0.5, 0.6) is 0 Å². The highest BCUT2D eigenvalue weighted by atomic mass is 16.8. The molecule has 6 atom stereocenters. The average Bonchev–Trinajstić information content (AvgIpc) is 2.88. The SMILES string of the molecule is COC1OC(OC)C2C3CCC(C3)C12. The second-order valence-electron chi connectivity index (χ2n) is 4.83. The molecule has 0 aromatic carbocycles. The molecular weight excluding hydrogens is 180 g/mol. The van der Waals surface area contributed by atoms with E-state index < -0.39 is 0 Å². The maximum Gasteiger partial charge on any atom is 0.163 e. The zero-order chi connectivity index (χ0) is 9.71. The fraction of sp³-hybridized carbons (Fsp3) is 1.00. The number of hydrogen-bond acceptors (Lipinski definition) is 3. The topological polar surface area (TPSA) is 27.7 Å². The van der Waals surface area contributed by atoms with Crippen molar-refractivity contribution in [3.05, 3.63) is 0 Å². The third-order valence-corrected chi connectivity index (χ3v) is 4.41. The minimum atomic E-state index is -0.0137. The van der Waals surface area contributed by atoms with Gasteiger partial charge in [0.15, 0.2) is 12.6 Å². The van der Waals surface area contributed by atoms with E-state index in [2.05, 4.69) is 0 Å². The van der Waals surface area contributed by atoms with Gasteiger partial charge in [0.05, 0.1) is 0 Å². The number of ether oxygens (including phenoxy) is 3. The first-order valence-electron chi connectivity index (χ1n) is 5.56. The van der Waals surface area contributed by atoms with Gasteiger partial charge in [0.25, 0.3) is 0 Å². The Balaban J connectivity index is 1.86. The summed E-state index contributed by atoms with van der Waals surface area (Å²) in [5.41, 5.74) is 0. The van der Waals surface area contributed by atoms with Crippen LogP contribution in [-0.4, -0.2) is 26.8 Å². The summed E-state index contributed by atoms with van der Waals surface area (Å²) in [5.74, 6) is 2.86. The molecule has 14 heavy (non-hydrogen) atoms. The second-order valence-corrected chi connectivity index (χ2v) is 4.83. The zero-order valence-corrected chi connectivity index (χ0v) is 8.81. The number of fused-ring (bicyclic) bond motifs is 5. The largest absolute Gasteiger partial charge is 0.355 e. The molecule has 3 rings (SSSR count). The molecule has 80 valence electrons. The van der Waals surface area contributed by atoms with Crippen molar-refractivity contribution in [1.29, 1.82) is 0 Å². The molecule has 2 saturated carbocycles. The van der Waals surface area contributed by atoms with E-state index in [0.717, 1.165) is 11.8 Å². The summed E-state index contributed by atoms with van der Waals surface area (Å²) in [5, 5.41) is 0. The summed E-state index contributed by atoms with van der Waals surface area (Å²) < 4.78 is 16.6. The monoisotopic (exact) mass is 198 g/mol. The Morgan fingerprint density at radius 1 is 0.929 bits per heavy atom. The molecule has 3 aliphatic rings. The van der Waals surface area contributed by atoms with E-state index in [4.69, 9.17) is 14.2 Å². The first kappa shape index (κ1) is 9.13. The molecule has 2 aliphatic carbocycles. The van der Waals surface area contributed by atoms with Crippen LogP contribution in [0.2, 0.25) is 0 Å². The van der Waals surface area contributed by atoms with Crippen molar-refractivity contribution in [3.63, 3.8) is 0 Å². The van der Waals surface area contributed by atoms with E-state index >= 15 is 0 Å². The van der Waals surface area contributed by atoms with Crippen LogP contribution in [-0.2, 0) is 14.2 Å². The van der Waals surface area contributed by atoms with Gasteiger partial charge in [-0.15, -0.1) is 0 Å². The van der Waals surface area contributed by atoms with E-state index in [-0.39, 0.29) is 12.6 Å². The summed E-state index contributed by atoms with van der Waals surface area (Å²) >= 11 is 0. The van der Waals surface area contributed by atoms with Crippen molar-refractivity contribution in [2.45, 2.75) is 31.8 Å². The Morgan fingerprint density at radius 3 is 1.86 bits per heavy atom. The van der Waals surface area contributed by atoms with Gasteiger partial charge in [-0.2, -0.15) is 0 Å². The van der Waals surface area contributed by atoms with Gasteiger partial charge >= 0.3 is 0 Å². The smallest absolute Gasteiger partial charge is 0.163 e. The average molecular weight is 198 g/mol. The lowest BCUT2D eigenvalue weighted by molar-refractivity contribution is -0.203. The summed E-state index contributed by atoms with van der Waals surface area (Å²) in [6.07, 6.45) is 4.08. The molecule has 0 spiro atoms. The van der Waals surface area contributed by atoms with Crippen LogP contribution in [0.1, 0.15) is 19.3 Å². The lowest BCUT2D eigenvalue weighted by Gasteiger charge is -2.26. The highest BCUT2D eigenvalue weighted by molar-refractivity contribution is 5.02. The minimum absolute atomic E-state index is 0.0137. The summed E-state index contributed by atoms with van der Waals surface area (Å²) in [7, 11) is 3.48. The van der Waals surface area contributed by atoms with Gasteiger partial charge < -0.3 is 14.2 Å². The van der Waals surface area contributed by atoms with Crippen LogP contribution in [0.15, 0.2) is 0 Å². The molecule has 6 unspecified atom stereocenters. The van der Waals surface area contributed by atoms with Crippen LogP contribution in [0.3, 0.4) is 0 Å². The van der Waals surface area contributed by atoms with Crippen molar-refractivity contribution >= 4 is 0 Å². The maximum absolute atomic E-state index is 5.76. The lowest BCUT2D eigenvalue weighted by atomic mass is 9.80. The summed E-state index contributed by atoms with van der Waals surface area (Å²) in [4.78, 5) is 0. The van der Waals surface area contributed by atoms with Gasteiger partial charge in [-0.1, -0.05) is 0 Å². The molecule has 0 amide bonds. The van der Waals surface area contributed by atoms with Gasteiger partial charge in [0.1, 0.15) is 0 Å². The summed E-state index contributed by atoms with van der Waals surface area (Å²) in [6, 6.07) is 0. The molecule has 2 bridgehead atoms. The Kier molecular flexibility index (Phi) is 2.08. The molecule has 3 nitrogen and oxygen atoms in total. The minimum Gasteiger partial charge on any atom is -0.355 e. The normalized spacial score (nSPS) is 55.3. The molecule has 3 fully saturated rings. The standard InChI is InChI=1S/C11H18O3/c1-12-10-8-6-3-4-7(5-6)9(8)11(13-2)14-10/h6-11H,3-5H2,1-2H3. The molecule has 0 radical (unpaired) electrons. The fourth-order valence-electron chi connectivity index (χ4n) is 3.93. The summed E-state index contributed by atoms with van der Waals surface area (Å²) in [6.45, 7) is 0. The van der Waals surface area contributed by atoms with Crippen LogP contribution in [0.25, 0.3) is 0 Å². The van der Waals surface area contributed by atoms with Crippen LogP contribution >= 0.6 is 0 Å². The predicted molar refractivity (Wildman–Crippen MR) is 50.5 cm³/mol. The van der Waals surface area contributed by atoms with Gasteiger partial charge in [-0.05, 0) is 31.1 Å². The highest BCUT2D eigenvalue weighted by Crippen LogP contribution is 2.58. The van der Waals surface area contributed by atoms with E-state index in [1.54, 1.807) is 14.2 Å². The maximum atomic E-state index is 5.76. The van der Waals surface area contributed by atoms with Crippen LogP contribution in [0, 0.1) is 23.7 Å². The van der Waals surface area contributed by atoms with E-state index in [9.17, 15) is 0 Å². The second kappa shape index (κ2) is 3.19. The molecular formula is C11H18O3. The lowest BCUT2D eigenvalue weighted by Crippen LogP contribution is -2.29. The molecule has 1 heterocycles. The number of methoxy groups -OCH3 is 2. The Bertz CT molecular complexity index is 209. The zero-order valence-electron chi connectivity index (χ0n) is 8.81. The Morgan fingerprint density at radius 2 is 1.43 bits per heavy atom. The third kappa shape index (κ3) is 1.03. The van der Waals surface area contributed by atoms with Crippen molar-refractivity contribution in [2.75, 3.05) is 14.2 Å².